The molecule has 1 N–H and O–H groups in total. The fourth-order valence-electron chi connectivity index (χ4n) is 2.84. The van der Waals surface area contributed by atoms with E-state index >= 15 is 0 Å². The molecule has 0 bridgehead atoms. The topological polar surface area (TPSA) is 62.3 Å². The molecule has 0 fully saturated rings. The van der Waals surface area contributed by atoms with Crippen molar-refractivity contribution in [3.63, 3.8) is 0 Å². The van der Waals surface area contributed by atoms with Gasteiger partial charge in [0.2, 0.25) is 0 Å². The maximum absolute atomic E-state index is 12.7. The van der Waals surface area contributed by atoms with Crippen molar-refractivity contribution in [1.82, 2.24) is 9.88 Å². The molecule has 0 spiro atoms. The van der Waals surface area contributed by atoms with Crippen LogP contribution in [0.1, 0.15) is 66.9 Å². The molecule has 0 radical (unpaired) electrons. The Bertz CT molecular complexity index is 809. The van der Waals surface area contributed by atoms with Crippen molar-refractivity contribution in [3.8, 4) is 0 Å². The van der Waals surface area contributed by atoms with E-state index in [0.29, 0.717) is 12.1 Å². The first-order valence-corrected chi connectivity index (χ1v) is 9.36. The van der Waals surface area contributed by atoms with E-state index in [9.17, 15) is 9.59 Å². The van der Waals surface area contributed by atoms with Crippen LogP contribution in [0.3, 0.4) is 0 Å². The Morgan fingerprint density at radius 2 is 1.85 bits per heavy atom. The van der Waals surface area contributed by atoms with Crippen LogP contribution in [-0.4, -0.2) is 35.3 Å². The second-order valence-corrected chi connectivity index (χ2v) is 7.76. The van der Waals surface area contributed by atoms with Gasteiger partial charge in [0.15, 0.2) is 0 Å². The summed E-state index contributed by atoms with van der Waals surface area (Å²) in [4.78, 5) is 31.1. The summed E-state index contributed by atoms with van der Waals surface area (Å²) in [5.74, 6) is -0.424. The molecule has 0 saturated carbocycles. The van der Waals surface area contributed by atoms with Gasteiger partial charge in [0.1, 0.15) is 5.69 Å². The van der Waals surface area contributed by atoms with Gasteiger partial charge < -0.3 is 10.2 Å². The number of para-hydroxylation sites is 1. The molecule has 0 saturated heterocycles. The van der Waals surface area contributed by atoms with Gasteiger partial charge >= 0.3 is 0 Å². The van der Waals surface area contributed by atoms with E-state index < -0.39 is 0 Å². The van der Waals surface area contributed by atoms with E-state index in [2.05, 4.69) is 38.0 Å². The summed E-state index contributed by atoms with van der Waals surface area (Å²) in [7, 11) is 1.78. The number of rotatable bonds is 6. The third kappa shape index (κ3) is 5.39. The molecule has 1 aromatic heterocycles. The SMILES string of the molecule is CCCCN(C)C(=O)c1ccnc(C(=O)Nc2ccccc2C(C)(C)C)c1. The number of carbonyl (C=O) groups is 2. The van der Waals surface area contributed by atoms with Crippen LogP contribution in [0.5, 0.6) is 0 Å². The minimum atomic E-state index is -0.322. The van der Waals surface area contributed by atoms with Crippen molar-refractivity contribution in [2.24, 2.45) is 0 Å². The van der Waals surface area contributed by atoms with Crippen molar-refractivity contribution in [3.05, 3.63) is 59.4 Å². The molecule has 0 atom stereocenters. The second kappa shape index (κ2) is 8.80. The average Bonchev–Trinajstić information content (AvgIpc) is 2.65. The molecule has 5 heteroatoms. The minimum Gasteiger partial charge on any atom is -0.342 e. The number of carbonyl (C=O) groups excluding carboxylic acids is 2. The summed E-state index contributed by atoms with van der Waals surface area (Å²) < 4.78 is 0. The van der Waals surface area contributed by atoms with E-state index in [4.69, 9.17) is 0 Å². The highest BCUT2D eigenvalue weighted by atomic mass is 16.2. The standard InChI is InChI=1S/C22H29N3O2/c1-6-7-14-25(5)21(27)16-12-13-23-19(15-16)20(26)24-18-11-9-8-10-17(18)22(2,3)4/h8-13,15H,6-7,14H2,1-5H3,(H,24,26). The predicted molar refractivity (Wildman–Crippen MR) is 109 cm³/mol. The Hall–Kier alpha value is -2.69. The van der Waals surface area contributed by atoms with Gasteiger partial charge in [0, 0.05) is 31.0 Å². The first-order valence-electron chi connectivity index (χ1n) is 9.36. The maximum atomic E-state index is 12.7. The fraction of sp³-hybridized carbons (Fsp3) is 0.409. The Morgan fingerprint density at radius 1 is 1.15 bits per heavy atom. The van der Waals surface area contributed by atoms with Crippen molar-refractivity contribution in [2.75, 3.05) is 18.9 Å². The molecule has 2 aromatic rings. The normalized spacial score (nSPS) is 11.1. The number of pyridine rings is 1. The lowest BCUT2D eigenvalue weighted by Crippen LogP contribution is -2.28. The van der Waals surface area contributed by atoms with Crippen molar-refractivity contribution in [1.29, 1.82) is 0 Å². The number of anilines is 1. The maximum Gasteiger partial charge on any atom is 0.274 e. The number of amides is 2. The fourth-order valence-corrected chi connectivity index (χ4v) is 2.84. The number of hydrogen-bond acceptors (Lipinski definition) is 3. The molecule has 0 aliphatic heterocycles. The zero-order valence-corrected chi connectivity index (χ0v) is 16.9. The number of benzene rings is 1. The molecule has 5 nitrogen and oxygen atoms in total. The highest BCUT2D eigenvalue weighted by molar-refractivity contribution is 6.05. The molecule has 1 aromatic carbocycles. The quantitative estimate of drug-likeness (QED) is 0.817. The minimum absolute atomic E-state index is 0.100. The Balaban J connectivity index is 2.20. The van der Waals surface area contributed by atoms with Gasteiger partial charge in [-0.2, -0.15) is 0 Å². The lowest BCUT2D eigenvalue weighted by atomic mass is 9.86. The third-order valence-corrected chi connectivity index (χ3v) is 4.42. The highest BCUT2D eigenvalue weighted by Crippen LogP contribution is 2.29. The molecule has 0 aliphatic carbocycles. The summed E-state index contributed by atoms with van der Waals surface area (Å²) in [6.07, 6.45) is 3.48. The van der Waals surface area contributed by atoms with Gasteiger partial charge in [-0.05, 0) is 35.6 Å². The highest BCUT2D eigenvalue weighted by Gasteiger charge is 2.20. The van der Waals surface area contributed by atoms with Crippen LogP contribution in [0.15, 0.2) is 42.6 Å². The van der Waals surface area contributed by atoms with Gasteiger partial charge in [0.25, 0.3) is 11.8 Å². The molecule has 27 heavy (non-hydrogen) atoms. The number of nitrogens with one attached hydrogen (secondary N) is 1. The molecule has 2 rings (SSSR count). The average molecular weight is 367 g/mol. The molecule has 0 unspecified atom stereocenters. The van der Waals surface area contributed by atoms with Crippen molar-refractivity contribution >= 4 is 17.5 Å². The molecule has 0 aliphatic rings. The lowest BCUT2D eigenvalue weighted by Gasteiger charge is -2.23. The molecule has 2 amide bonds. The van der Waals surface area contributed by atoms with E-state index in [1.807, 2.05) is 24.3 Å². The van der Waals surface area contributed by atoms with Crippen LogP contribution in [0, 0.1) is 0 Å². The van der Waals surface area contributed by atoms with Crippen LogP contribution < -0.4 is 5.32 Å². The van der Waals surface area contributed by atoms with Gasteiger partial charge in [0.05, 0.1) is 0 Å². The Kier molecular flexibility index (Phi) is 6.72. The number of aromatic nitrogens is 1. The molecular formula is C22H29N3O2. The van der Waals surface area contributed by atoms with E-state index in [1.165, 1.54) is 6.20 Å². The summed E-state index contributed by atoms with van der Waals surface area (Å²) in [5, 5.41) is 2.94. The Labute approximate surface area is 161 Å². The van der Waals surface area contributed by atoms with Gasteiger partial charge in [-0.1, -0.05) is 52.3 Å². The number of nitrogens with zero attached hydrogens (tertiary/aromatic N) is 2. The third-order valence-electron chi connectivity index (χ3n) is 4.42. The van der Waals surface area contributed by atoms with Gasteiger partial charge in [-0.3, -0.25) is 14.6 Å². The second-order valence-electron chi connectivity index (χ2n) is 7.76. The van der Waals surface area contributed by atoms with Crippen LogP contribution in [0.4, 0.5) is 5.69 Å². The Morgan fingerprint density at radius 3 is 2.52 bits per heavy atom. The number of hydrogen-bond donors (Lipinski definition) is 1. The van der Waals surface area contributed by atoms with Crippen LogP contribution in [0.25, 0.3) is 0 Å². The molecule has 144 valence electrons. The summed E-state index contributed by atoms with van der Waals surface area (Å²) >= 11 is 0. The van der Waals surface area contributed by atoms with E-state index in [0.717, 1.165) is 24.1 Å². The summed E-state index contributed by atoms with van der Waals surface area (Å²) in [5.41, 5.74) is 2.40. The molecule has 1 heterocycles. The van der Waals surface area contributed by atoms with Crippen molar-refractivity contribution < 1.29 is 9.59 Å². The van der Waals surface area contributed by atoms with Gasteiger partial charge in [-0.15, -0.1) is 0 Å². The zero-order valence-electron chi connectivity index (χ0n) is 16.9. The predicted octanol–water partition coefficient (Wildman–Crippen LogP) is 4.50. The smallest absolute Gasteiger partial charge is 0.274 e. The van der Waals surface area contributed by atoms with Crippen molar-refractivity contribution in [2.45, 2.75) is 46.0 Å². The van der Waals surface area contributed by atoms with E-state index in [1.54, 1.807) is 24.1 Å². The van der Waals surface area contributed by atoms with Crippen LogP contribution in [0.2, 0.25) is 0 Å². The lowest BCUT2D eigenvalue weighted by molar-refractivity contribution is 0.0793. The largest absolute Gasteiger partial charge is 0.342 e. The first-order chi connectivity index (χ1) is 12.7. The summed E-state index contributed by atoms with van der Waals surface area (Å²) in [6.45, 7) is 9.08. The van der Waals surface area contributed by atoms with E-state index in [-0.39, 0.29) is 22.9 Å². The zero-order chi connectivity index (χ0) is 20.0. The monoisotopic (exact) mass is 367 g/mol. The van der Waals surface area contributed by atoms with Crippen LogP contribution in [-0.2, 0) is 5.41 Å². The van der Waals surface area contributed by atoms with Crippen LogP contribution >= 0.6 is 0 Å². The molecular weight excluding hydrogens is 338 g/mol. The summed E-state index contributed by atoms with van der Waals surface area (Å²) in [6, 6.07) is 10.9. The number of unbranched alkanes of at least 4 members (excludes halogenated alkanes) is 1. The van der Waals surface area contributed by atoms with Gasteiger partial charge in [-0.25, -0.2) is 0 Å². The first kappa shape index (κ1) is 20.6.